The molecule has 27 heavy (non-hydrogen) atoms. The minimum absolute atomic E-state index is 0.0155. The highest BCUT2D eigenvalue weighted by Gasteiger charge is 2.46. The number of pyridine rings is 1. The van der Waals surface area contributed by atoms with Crippen molar-refractivity contribution in [3.05, 3.63) is 53.0 Å². The summed E-state index contributed by atoms with van der Waals surface area (Å²) < 4.78 is 15.3. The Morgan fingerprint density at radius 1 is 1.11 bits per heavy atom. The largest absolute Gasteiger partial charge is 0.386 e. The van der Waals surface area contributed by atoms with Gasteiger partial charge in [-0.1, -0.05) is 24.3 Å². The van der Waals surface area contributed by atoms with Crippen molar-refractivity contribution < 1.29 is 14.6 Å². The first-order chi connectivity index (χ1) is 12.7. The van der Waals surface area contributed by atoms with Crippen LogP contribution in [0.2, 0.25) is 0 Å². The maximum atomic E-state index is 15.3. The van der Waals surface area contributed by atoms with E-state index in [1.807, 2.05) is 24.3 Å². The predicted molar refractivity (Wildman–Crippen MR) is 103 cm³/mol. The van der Waals surface area contributed by atoms with Gasteiger partial charge >= 0.3 is 0 Å². The molecule has 1 heterocycles. The maximum absolute atomic E-state index is 15.3. The zero-order chi connectivity index (χ0) is 19.4. The molecule has 1 aromatic heterocycles. The Bertz CT molecular complexity index is 852. The molecule has 0 radical (unpaired) electrons. The molecule has 5 heteroatoms. The molecule has 2 fully saturated rings. The highest BCUT2D eigenvalue weighted by atomic mass is 19.1. The number of nitrogens with zero attached hydrogens (tertiary/aromatic N) is 1. The van der Waals surface area contributed by atoms with Gasteiger partial charge in [0.1, 0.15) is 11.3 Å². The highest BCUT2D eigenvalue weighted by Crippen LogP contribution is 2.46. The van der Waals surface area contributed by atoms with Crippen LogP contribution in [0.3, 0.4) is 0 Å². The van der Waals surface area contributed by atoms with E-state index in [2.05, 4.69) is 4.98 Å². The third kappa shape index (κ3) is 3.40. The summed E-state index contributed by atoms with van der Waals surface area (Å²) in [7, 11) is 0. The predicted octanol–water partition coefficient (Wildman–Crippen LogP) is 3.55. The molecule has 0 aliphatic heterocycles. The SMILES string of the molecule is CC(C)(O)c1cc(C(O)(CN)C2CC2)nc(-c2ccc(C3CC3)cc2)c1F. The van der Waals surface area contributed by atoms with Crippen molar-refractivity contribution in [2.45, 2.75) is 56.7 Å². The van der Waals surface area contributed by atoms with Gasteiger partial charge in [0.15, 0.2) is 5.82 Å². The number of hydrogen-bond donors (Lipinski definition) is 3. The van der Waals surface area contributed by atoms with Crippen LogP contribution >= 0.6 is 0 Å². The van der Waals surface area contributed by atoms with Crippen LogP contribution in [0.4, 0.5) is 4.39 Å². The molecule has 4 rings (SSSR count). The summed E-state index contributed by atoms with van der Waals surface area (Å²) in [6, 6.07) is 9.25. The molecule has 144 valence electrons. The van der Waals surface area contributed by atoms with Crippen LogP contribution in [0.25, 0.3) is 11.3 Å². The van der Waals surface area contributed by atoms with Gasteiger partial charge in [0, 0.05) is 17.7 Å². The van der Waals surface area contributed by atoms with Crippen LogP contribution in [-0.2, 0) is 11.2 Å². The van der Waals surface area contributed by atoms with E-state index in [4.69, 9.17) is 5.73 Å². The van der Waals surface area contributed by atoms with Crippen LogP contribution in [0.5, 0.6) is 0 Å². The monoisotopic (exact) mass is 370 g/mol. The van der Waals surface area contributed by atoms with Gasteiger partial charge in [-0.2, -0.15) is 0 Å². The summed E-state index contributed by atoms with van der Waals surface area (Å²) in [5.41, 5.74) is 5.70. The van der Waals surface area contributed by atoms with Crippen molar-refractivity contribution in [2.75, 3.05) is 6.54 Å². The van der Waals surface area contributed by atoms with Crippen molar-refractivity contribution in [2.24, 2.45) is 11.7 Å². The van der Waals surface area contributed by atoms with Crippen LogP contribution in [0.15, 0.2) is 30.3 Å². The van der Waals surface area contributed by atoms with Gasteiger partial charge in [-0.3, -0.25) is 0 Å². The molecule has 4 nitrogen and oxygen atoms in total. The Morgan fingerprint density at radius 3 is 2.22 bits per heavy atom. The smallest absolute Gasteiger partial charge is 0.155 e. The summed E-state index contributed by atoms with van der Waals surface area (Å²) in [4.78, 5) is 4.49. The van der Waals surface area contributed by atoms with Crippen LogP contribution in [0, 0.1) is 11.7 Å². The van der Waals surface area contributed by atoms with E-state index in [0.29, 0.717) is 17.2 Å². The zero-order valence-corrected chi connectivity index (χ0v) is 15.9. The number of rotatable bonds is 6. The van der Waals surface area contributed by atoms with E-state index in [1.54, 1.807) is 0 Å². The second kappa shape index (κ2) is 6.36. The fraction of sp³-hybridized carbons (Fsp3) is 0.500. The van der Waals surface area contributed by atoms with E-state index in [9.17, 15) is 10.2 Å². The third-order valence-electron chi connectivity index (χ3n) is 5.86. The van der Waals surface area contributed by atoms with Gasteiger partial charge in [-0.25, -0.2) is 9.37 Å². The van der Waals surface area contributed by atoms with Gasteiger partial charge in [-0.05, 0) is 63.0 Å². The lowest BCUT2D eigenvalue weighted by Gasteiger charge is -2.29. The molecular weight excluding hydrogens is 343 g/mol. The molecule has 0 amide bonds. The summed E-state index contributed by atoms with van der Waals surface area (Å²) in [5.74, 6) is 0.0909. The van der Waals surface area contributed by atoms with E-state index in [-0.39, 0.29) is 23.7 Å². The molecule has 4 N–H and O–H groups in total. The molecule has 2 aromatic rings. The van der Waals surface area contributed by atoms with Crippen LogP contribution < -0.4 is 5.73 Å². The second-order valence-electron chi connectivity index (χ2n) is 8.58. The lowest BCUT2D eigenvalue weighted by Crippen LogP contribution is -2.38. The Labute approximate surface area is 159 Å². The first kappa shape index (κ1) is 18.5. The van der Waals surface area contributed by atoms with Crippen LogP contribution in [-0.4, -0.2) is 21.7 Å². The Morgan fingerprint density at radius 2 is 1.74 bits per heavy atom. The Kier molecular flexibility index (Phi) is 4.37. The van der Waals surface area contributed by atoms with Crippen LogP contribution in [0.1, 0.15) is 62.3 Å². The van der Waals surface area contributed by atoms with Crippen molar-refractivity contribution >= 4 is 0 Å². The molecule has 0 spiro atoms. The molecule has 1 unspecified atom stereocenters. The molecule has 1 aromatic carbocycles. The van der Waals surface area contributed by atoms with Crippen molar-refractivity contribution in [1.29, 1.82) is 0 Å². The van der Waals surface area contributed by atoms with Gasteiger partial charge in [0.25, 0.3) is 0 Å². The van der Waals surface area contributed by atoms with Gasteiger partial charge in [0.05, 0.1) is 11.3 Å². The molecule has 1 atom stereocenters. The van der Waals surface area contributed by atoms with Gasteiger partial charge in [0.2, 0.25) is 0 Å². The fourth-order valence-electron chi connectivity index (χ4n) is 3.76. The minimum atomic E-state index is -1.40. The summed E-state index contributed by atoms with van der Waals surface area (Å²) in [6.45, 7) is 3.09. The van der Waals surface area contributed by atoms with Crippen molar-refractivity contribution in [3.8, 4) is 11.3 Å². The maximum Gasteiger partial charge on any atom is 0.155 e. The highest BCUT2D eigenvalue weighted by molar-refractivity contribution is 5.62. The first-order valence-electron chi connectivity index (χ1n) is 9.70. The molecular formula is C22H27FN2O2. The average Bonchev–Trinajstić information content (AvgIpc) is 3.52. The summed E-state index contributed by atoms with van der Waals surface area (Å²) in [6.07, 6.45) is 4.15. The molecule has 2 aliphatic rings. The zero-order valence-electron chi connectivity index (χ0n) is 15.9. The normalized spacial score (nSPS) is 19.8. The van der Waals surface area contributed by atoms with Crippen molar-refractivity contribution in [3.63, 3.8) is 0 Å². The summed E-state index contributed by atoms with van der Waals surface area (Å²) >= 11 is 0. The number of hydrogen-bond acceptors (Lipinski definition) is 4. The van der Waals surface area contributed by atoms with Gasteiger partial charge in [-0.15, -0.1) is 0 Å². The number of aliphatic hydroxyl groups is 2. The lowest BCUT2D eigenvalue weighted by molar-refractivity contribution is 0.0169. The van der Waals surface area contributed by atoms with Crippen molar-refractivity contribution in [1.82, 2.24) is 4.98 Å². The van der Waals surface area contributed by atoms with E-state index < -0.39 is 17.0 Å². The number of benzene rings is 1. The first-order valence-corrected chi connectivity index (χ1v) is 9.70. The fourth-order valence-corrected chi connectivity index (χ4v) is 3.76. The standard InChI is InChI=1S/C22H27FN2O2/c1-21(2,26)17-11-18(22(27,12-24)16-9-10-16)25-20(19(17)23)15-7-5-14(6-8-15)13-3-4-13/h5-8,11,13,16,26-27H,3-4,9-10,12,24H2,1-2H3. The molecule has 2 aliphatic carbocycles. The number of nitrogens with two attached hydrogens (primary N) is 1. The Hall–Kier alpha value is -1.82. The third-order valence-corrected chi connectivity index (χ3v) is 5.86. The lowest BCUT2D eigenvalue weighted by atomic mass is 9.88. The number of aromatic nitrogens is 1. The Balaban J connectivity index is 1.85. The van der Waals surface area contributed by atoms with Gasteiger partial charge < -0.3 is 15.9 Å². The number of halogens is 1. The van der Waals surface area contributed by atoms with E-state index in [0.717, 1.165) is 12.8 Å². The topological polar surface area (TPSA) is 79.4 Å². The second-order valence-corrected chi connectivity index (χ2v) is 8.58. The molecule has 2 saturated carbocycles. The molecule has 0 saturated heterocycles. The van der Waals surface area contributed by atoms with E-state index >= 15 is 4.39 Å². The minimum Gasteiger partial charge on any atom is -0.386 e. The quantitative estimate of drug-likeness (QED) is 0.727. The van der Waals surface area contributed by atoms with E-state index in [1.165, 1.54) is 38.3 Å². The average molecular weight is 370 g/mol. The summed E-state index contributed by atoms with van der Waals surface area (Å²) in [5, 5.41) is 21.6. The molecule has 0 bridgehead atoms.